The molecule has 2 fully saturated rings. The molecule has 43 heavy (non-hydrogen) atoms. The number of hydroxylamine groups is 6. The predicted octanol–water partition coefficient (Wildman–Crippen LogP) is 3.48. The van der Waals surface area contributed by atoms with Crippen molar-refractivity contribution < 1.29 is 82.0 Å². The Hall–Kier alpha value is -1.80. The Balaban J connectivity index is 0.000000560. The van der Waals surface area contributed by atoms with Crippen LogP contribution < -0.4 is 0 Å². The van der Waals surface area contributed by atoms with E-state index in [0.717, 1.165) is 63.3 Å². The van der Waals surface area contributed by atoms with Gasteiger partial charge in [0.2, 0.25) is 0 Å². The summed E-state index contributed by atoms with van der Waals surface area (Å²) in [5.41, 5.74) is -9.46. The SMILES string of the molecule is O=S(=O)([O-])C(F)(F)F.O=S(=O)([O-])C(F)(F)F.[O-][N+]1(Cc2ccccn2)CCCC1.[O-][N+]1(Cc2ccccn2)CCCC1.[Pd+2]. The van der Waals surface area contributed by atoms with E-state index in [0.29, 0.717) is 13.1 Å². The number of hydrogen-bond acceptors (Lipinski definition) is 10. The van der Waals surface area contributed by atoms with Gasteiger partial charge in [0.15, 0.2) is 20.2 Å². The molecule has 0 aromatic carbocycles. The molecule has 4 rings (SSSR count). The van der Waals surface area contributed by atoms with Crippen LogP contribution >= 0.6 is 0 Å². The minimum atomic E-state index is -6.09. The second-order valence-electron chi connectivity index (χ2n) is 9.18. The molecule has 21 heteroatoms. The maximum atomic E-state index is 12.0. The summed E-state index contributed by atoms with van der Waals surface area (Å²) in [5, 5.41) is 23.9. The molecule has 0 unspecified atom stereocenters. The first-order valence-electron chi connectivity index (χ1n) is 12.1. The van der Waals surface area contributed by atoms with Gasteiger partial charge in [-0.25, -0.2) is 16.8 Å². The normalized spacial score (nSPS) is 17.5. The summed E-state index contributed by atoms with van der Waals surface area (Å²) >= 11 is 0. The van der Waals surface area contributed by atoms with Crippen molar-refractivity contribution in [3.05, 3.63) is 70.6 Å². The van der Waals surface area contributed by atoms with Gasteiger partial charge in [-0.1, -0.05) is 12.1 Å². The van der Waals surface area contributed by atoms with Gasteiger partial charge < -0.3 is 28.8 Å². The molecule has 2 aromatic rings. The fourth-order valence-electron chi connectivity index (χ4n) is 3.71. The van der Waals surface area contributed by atoms with Crippen LogP contribution in [0.4, 0.5) is 26.3 Å². The van der Waals surface area contributed by atoms with Gasteiger partial charge in [0.25, 0.3) is 0 Å². The Morgan fingerprint density at radius 3 is 1.07 bits per heavy atom. The summed E-state index contributed by atoms with van der Waals surface area (Å²) in [6.45, 7) is 4.13. The molecule has 0 N–H and O–H groups in total. The van der Waals surface area contributed by atoms with Gasteiger partial charge in [-0.3, -0.25) is 9.97 Å². The van der Waals surface area contributed by atoms with Crippen LogP contribution in [0.1, 0.15) is 37.1 Å². The fraction of sp³-hybridized carbons (Fsp3) is 0.545. The van der Waals surface area contributed by atoms with Gasteiger partial charge in [0.1, 0.15) is 13.1 Å². The zero-order valence-electron chi connectivity index (χ0n) is 22.1. The van der Waals surface area contributed by atoms with E-state index >= 15 is 0 Å². The summed E-state index contributed by atoms with van der Waals surface area (Å²) in [6, 6.07) is 11.5. The van der Waals surface area contributed by atoms with E-state index in [9.17, 15) is 36.8 Å². The molecule has 248 valence electrons. The average molecular weight is 761 g/mol. The van der Waals surface area contributed by atoms with Crippen LogP contribution in [0.15, 0.2) is 48.8 Å². The van der Waals surface area contributed by atoms with Crippen LogP contribution in [0.5, 0.6) is 0 Å². The van der Waals surface area contributed by atoms with E-state index in [1.165, 1.54) is 0 Å². The molecule has 2 saturated heterocycles. The maximum Gasteiger partial charge on any atom is 2.00 e. The Labute approximate surface area is 258 Å². The number of nitrogens with zero attached hydrogens (tertiary/aromatic N) is 4. The van der Waals surface area contributed by atoms with Gasteiger partial charge in [-0.05, 0) is 24.3 Å². The zero-order chi connectivity index (χ0) is 32.3. The zero-order valence-corrected chi connectivity index (χ0v) is 25.3. The van der Waals surface area contributed by atoms with Gasteiger partial charge >= 0.3 is 31.4 Å². The Kier molecular flexibility index (Phi) is 16.3. The number of hydrogen-bond donors (Lipinski definition) is 0. The summed E-state index contributed by atoms with van der Waals surface area (Å²) in [4.78, 5) is 8.34. The van der Waals surface area contributed by atoms with Gasteiger partial charge in [-0.2, -0.15) is 26.3 Å². The molecular formula is C22H28F6N4O8PdS2. The van der Waals surface area contributed by atoms with Crippen molar-refractivity contribution in [1.82, 2.24) is 9.97 Å². The van der Waals surface area contributed by atoms with Crippen molar-refractivity contribution >= 4 is 20.2 Å². The molecule has 2 aliphatic rings. The maximum absolute atomic E-state index is 12.0. The Morgan fingerprint density at radius 2 is 0.884 bits per heavy atom. The molecule has 4 heterocycles. The molecule has 0 bridgehead atoms. The average Bonchev–Trinajstić information content (AvgIpc) is 3.47. The van der Waals surface area contributed by atoms with Crippen LogP contribution in [0, 0.1) is 10.4 Å². The standard InChI is InChI=1S/2C10H14N2O.2CHF3O3S.Pd/c2*13-12(7-3-4-8-12)9-10-5-1-2-6-11-10;2*2-1(3,4)8(5,6)7;/h2*1-2,5-6H,3-4,7-9H2;2*(H,5,6,7);/q;;;;+2/p-2. The third kappa shape index (κ3) is 16.2. The first kappa shape index (κ1) is 41.2. The van der Waals surface area contributed by atoms with E-state index < -0.39 is 31.3 Å². The summed E-state index contributed by atoms with van der Waals surface area (Å²) < 4.78 is 118. The summed E-state index contributed by atoms with van der Waals surface area (Å²) in [7, 11) is -12.2. The fourth-order valence-corrected chi connectivity index (χ4v) is 3.71. The third-order valence-corrected chi connectivity index (χ3v) is 6.82. The number of halogens is 6. The van der Waals surface area contributed by atoms with Gasteiger partial charge in [0.05, 0.1) is 37.6 Å². The van der Waals surface area contributed by atoms with E-state index in [4.69, 9.17) is 25.9 Å². The molecular weight excluding hydrogens is 733 g/mol. The molecule has 12 nitrogen and oxygen atoms in total. The van der Waals surface area contributed by atoms with Crippen LogP contribution in [0.2, 0.25) is 0 Å². The molecule has 0 saturated carbocycles. The predicted molar refractivity (Wildman–Crippen MR) is 133 cm³/mol. The molecule has 0 amide bonds. The van der Waals surface area contributed by atoms with Crippen molar-refractivity contribution in [1.29, 1.82) is 0 Å². The minimum absolute atomic E-state index is 0. The smallest absolute Gasteiger partial charge is 0.741 e. The third-order valence-electron chi connectivity index (χ3n) is 5.68. The number of aromatic nitrogens is 2. The first-order chi connectivity index (χ1) is 19.1. The quantitative estimate of drug-likeness (QED) is 0.112. The van der Waals surface area contributed by atoms with Crippen molar-refractivity contribution in [2.24, 2.45) is 0 Å². The van der Waals surface area contributed by atoms with Crippen molar-refractivity contribution in [2.45, 2.75) is 49.8 Å². The monoisotopic (exact) mass is 760 g/mol. The number of rotatable bonds is 4. The minimum Gasteiger partial charge on any atom is -0.741 e. The molecule has 2 aliphatic heterocycles. The van der Waals surface area contributed by atoms with E-state index in [2.05, 4.69) is 9.97 Å². The summed E-state index contributed by atoms with van der Waals surface area (Å²) in [5.74, 6) is 0. The van der Waals surface area contributed by atoms with Crippen molar-refractivity contribution in [2.75, 3.05) is 26.2 Å². The largest absolute Gasteiger partial charge is 2.00 e. The number of alkyl halides is 6. The number of likely N-dealkylation sites (tertiary alicyclic amines) is 2. The van der Waals surface area contributed by atoms with Crippen LogP contribution in [0.3, 0.4) is 0 Å². The molecule has 0 spiro atoms. The van der Waals surface area contributed by atoms with Crippen molar-refractivity contribution in [3.63, 3.8) is 0 Å². The van der Waals surface area contributed by atoms with Crippen LogP contribution in [-0.4, -0.2) is 82.4 Å². The molecule has 2 aromatic heterocycles. The Morgan fingerprint density at radius 1 is 0.628 bits per heavy atom. The summed E-state index contributed by atoms with van der Waals surface area (Å²) in [6.07, 6.45) is 7.76. The van der Waals surface area contributed by atoms with E-state index in [1.54, 1.807) is 12.4 Å². The van der Waals surface area contributed by atoms with E-state index in [-0.39, 0.29) is 29.7 Å². The van der Waals surface area contributed by atoms with Crippen LogP contribution in [0.25, 0.3) is 0 Å². The topological polar surface area (TPSA) is 186 Å². The van der Waals surface area contributed by atoms with Gasteiger partial charge in [-0.15, -0.1) is 0 Å². The Bertz CT molecular complexity index is 1190. The second kappa shape index (κ2) is 17.0. The molecule has 0 aliphatic carbocycles. The first-order valence-corrected chi connectivity index (χ1v) is 14.9. The van der Waals surface area contributed by atoms with Crippen molar-refractivity contribution in [3.8, 4) is 0 Å². The van der Waals surface area contributed by atoms with Gasteiger partial charge in [0, 0.05) is 38.1 Å². The molecule has 0 radical (unpaired) electrons. The van der Waals surface area contributed by atoms with E-state index in [1.807, 2.05) is 36.4 Å². The molecule has 0 atom stereocenters. The number of pyridine rings is 2. The second-order valence-corrected chi connectivity index (χ2v) is 11.9. The van der Waals surface area contributed by atoms with Crippen LogP contribution in [-0.2, 0) is 53.7 Å². The number of quaternary nitrogens is 2.